The fourth-order valence-electron chi connectivity index (χ4n) is 3.09. The van der Waals surface area contributed by atoms with Gasteiger partial charge in [-0.05, 0) is 37.3 Å². The van der Waals surface area contributed by atoms with E-state index >= 15 is 0 Å². The molecule has 3 rings (SSSR count). The third-order valence-electron chi connectivity index (χ3n) is 4.68. The monoisotopic (exact) mass is 425 g/mol. The standard InChI is InChI=1S/C22H23N3O6/c1-14(17-10-15(29-2)8-9-19(17)30-3)24-20(26)12-31-21(27)11-25-13-23-18-7-5-4-6-16(18)22(25)28/h4-10,13-14H,11-12H2,1-3H3,(H,24,26). The Balaban J connectivity index is 1.58. The van der Waals surface area contributed by atoms with Crippen molar-refractivity contribution in [1.29, 1.82) is 0 Å². The quantitative estimate of drug-likeness (QED) is 0.549. The van der Waals surface area contributed by atoms with E-state index in [9.17, 15) is 14.4 Å². The Bertz CT molecular complexity index is 1160. The average molecular weight is 425 g/mol. The van der Waals surface area contributed by atoms with Crippen LogP contribution in [-0.2, 0) is 20.9 Å². The Morgan fingerprint density at radius 3 is 2.65 bits per heavy atom. The number of esters is 1. The minimum atomic E-state index is -0.721. The molecule has 0 bridgehead atoms. The lowest BCUT2D eigenvalue weighted by atomic mass is 10.1. The van der Waals surface area contributed by atoms with E-state index in [4.69, 9.17) is 14.2 Å². The molecule has 0 radical (unpaired) electrons. The SMILES string of the molecule is COc1ccc(OC)c(C(C)NC(=O)COC(=O)Cn2cnc3ccccc3c2=O)c1. The number of para-hydroxylation sites is 1. The van der Waals surface area contributed by atoms with Crippen LogP contribution >= 0.6 is 0 Å². The molecular weight excluding hydrogens is 402 g/mol. The van der Waals surface area contributed by atoms with Gasteiger partial charge in [0.25, 0.3) is 11.5 Å². The average Bonchev–Trinajstić information content (AvgIpc) is 2.79. The lowest BCUT2D eigenvalue weighted by Gasteiger charge is -2.18. The summed E-state index contributed by atoms with van der Waals surface area (Å²) < 4.78 is 16.7. The largest absolute Gasteiger partial charge is 0.497 e. The predicted molar refractivity (Wildman–Crippen MR) is 113 cm³/mol. The third kappa shape index (κ3) is 5.19. The molecule has 9 nitrogen and oxygen atoms in total. The van der Waals surface area contributed by atoms with E-state index in [-0.39, 0.29) is 12.1 Å². The number of methoxy groups -OCH3 is 2. The van der Waals surface area contributed by atoms with E-state index in [0.717, 1.165) is 10.1 Å². The van der Waals surface area contributed by atoms with Crippen LogP contribution in [0.15, 0.2) is 53.6 Å². The Kier molecular flexibility index (Phi) is 6.86. The fourth-order valence-corrected chi connectivity index (χ4v) is 3.09. The van der Waals surface area contributed by atoms with E-state index in [1.807, 2.05) is 0 Å². The van der Waals surface area contributed by atoms with E-state index in [0.29, 0.717) is 22.4 Å². The van der Waals surface area contributed by atoms with Crippen LogP contribution in [0.5, 0.6) is 11.5 Å². The number of carbonyl (C=O) groups is 2. The van der Waals surface area contributed by atoms with Crippen molar-refractivity contribution < 1.29 is 23.8 Å². The molecular formula is C22H23N3O6. The van der Waals surface area contributed by atoms with Crippen LogP contribution in [0.1, 0.15) is 18.5 Å². The van der Waals surface area contributed by atoms with Crippen molar-refractivity contribution >= 4 is 22.8 Å². The van der Waals surface area contributed by atoms with Crippen LogP contribution in [0.4, 0.5) is 0 Å². The molecule has 1 aromatic heterocycles. The fraction of sp³-hybridized carbons (Fsp3) is 0.273. The van der Waals surface area contributed by atoms with Crippen molar-refractivity contribution in [2.45, 2.75) is 19.5 Å². The number of hydrogen-bond acceptors (Lipinski definition) is 7. The van der Waals surface area contributed by atoms with Gasteiger partial charge in [0.15, 0.2) is 6.61 Å². The molecule has 2 aromatic carbocycles. The molecule has 0 saturated carbocycles. The highest BCUT2D eigenvalue weighted by atomic mass is 16.5. The topological polar surface area (TPSA) is 109 Å². The maximum atomic E-state index is 12.4. The van der Waals surface area contributed by atoms with Gasteiger partial charge < -0.3 is 19.5 Å². The number of amides is 1. The van der Waals surface area contributed by atoms with E-state index in [1.165, 1.54) is 13.4 Å². The molecule has 1 amide bonds. The van der Waals surface area contributed by atoms with Crippen LogP contribution in [0.3, 0.4) is 0 Å². The molecule has 3 aromatic rings. The molecule has 0 aliphatic heterocycles. The maximum absolute atomic E-state index is 12.4. The number of carbonyl (C=O) groups excluding carboxylic acids is 2. The van der Waals surface area contributed by atoms with Gasteiger partial charge in [-0.15, -0.1) is 0 Å². The van der Waals surface area contributed by atoms with Gasteiger partial charge in [-0.1, -0.05) is 12.1 Å². The molecule has 31 heavy (non-hydrogen) atoms. The van der Waals surface area contributed by atoms with Crippen molar-refractivity contribution in [1.82, 2.24) is 14.9 Å². The van der Waals surface area contributed by atoms with Crippen LogP contribution in [0, 0.1) is 0 Å². The first-order chi connectivity index (χ1) is 14.9. The summed E-state index contributed by atoms with van der Waals surface area (Å²) in [4.78, 5) is 40.9. The lowest BCUT2D eigenvalue weighted by Crippen LogP contribution is -2.32. The van der Waals surface area contributed by atoms with Gasteiger partial charge in [0.2, 0.25) is 0 Å². The molecule has 0 spiro atoms. The predicted octanol–water partition coefficient (Wildman–Crippen LogP) is 1.83. The summed E-state index contributed by atoms with van der Waals surface area (Å²) in [6.45, 7) is 0.950. The lowest BCUT2D eigenvalue weighted by molar-refractivity contribution is -0.149. The van der Waals surface area contributed by atoms with Crippen LogP contribution < -0.4 is 20.3 Å². The van der Waals surface area contributed by atoms with E-state index in [1.54, 1.807) is 56.5 Å². The Labute approximate surface area is 178 Å². The Morgan fingerprint density at radius 2 is 1.90 bits per heavy atom. The minimum Gasteiger partial charge on any atom is -0.497 e. The van der Waals surface area contributed by atoms with Crippen molar-refractivity contribution in [3.8, 4) is 11.5 Å². The Hall–Kier alpha value is -3.88. The number of nitrogens with one attached hydrogen (secondary N) is 1. The second-order valence-corrected chi connectivity index (χ2v) is 6.75. The van der Waals surface area contributed by atoms with E-state index in [2.05, 4.69) is 10.3 Å². The first kappa shape index (κ1) is 21.8. The zero-order chi connectivity index (χ0) is 22.4. The van der Waals surface area contributed by atoms with Gasteiger partial charge in [-0.3, -0.25) is 19.0 Å². The summed E-state index contributed by atoms with van der Waals surface area (Å²) in [6, 6.07) is 11.7. The van der Waals surface area contributed by atoms with Gasteiger partial charge in [-0.2, -0.15) is 0 Å². The van der Waals surface area contributed by atoms with Crippen LogP contribution in [0.25, 0.3) is 10.9 Å². The molecule has 1 atom stereocenters. The van der Waals surface area contributed by atoms with Crippen molar-refractivity contribution in [3.63, 3.8) is 0 Å². The van der Waals surface area contributed by atoms with Gasteiger partial charge in [0, 0.05) is 5.56 Å². The summed E-state index contributed by atoms with van der Waals surface area (Å²) in [7, 11) is 3.08. The highest BCUT2D eigenvalue weighted by Gasteiger charge is 2.17. The molecule has 1 N–H and O–H groups in total. The third-order valence-corrected chi connectivity index (χ3v) is 4.68. The summed E-state index contributed by atoms with van der Waals surface area (Å²) in [5.41, 5.74) is 0.902. The number of aromatic nitrogens is 2. The molecule has 0 aliphatic rings. The normalized spacial score (nSPS) is 11.6. The summed E-state index contributed by atoms with van der Waals surface area (Å²) in [5, 5.41) is 3.14. The smallest absolute Gasteiger partial charge is 0.326 e. The molecule has 1 heterocycles. The highest BCUT2D eigenvalue weighted by Crippen LogP contribution is 2.29. The number of hydrogen-bond donors (Lipinski definition) is 1. The van der Waals surface area contributed by atoms with Crippen molar-refractivity contribution in [2.24, 2.45) is 0 Å². The number of benzene rings is 2. The second kappa shape index (κ2) is 9.75. The summed E-state index contributed by atoms with van der Waals surface area (Å²) >= 11 is 0. The van der Waals surface area contributed by atoms with Crippen LogP contribution in [0.2, 0.25) is 0 Å². The highest BCUT2D eigenvalue weighted by molar-refractivity contribution is 5.81. The van der Waals surface area contributed by atoms with Gasteiger partial charge in [0.1, 0.15) is 18.0 Å². The zero-order valence-corrected chi connectivity index (χ0v) is 17.5. The second-order valence-electron chi connectivity index (χ2n) is 6.75. The van der Waals surface area contributed by atoms with Crippen molar-refractivity contribution in [2.75, 3.05) is 20.8 Å². The zero-order valence-electron chi connectivity index (χ0n) is 17.5. The first-order valence-corrected chi connectivity index (χ1v) is 9.54. The number of ether oxygens (including phenoxy) is 3. The van der Waals surface area contributed by atoms with Gasteiger partial charge in [0.05, 0.1) is 37.5 Å². The summed E-state index contributed by atoms with van der Waals surface area (Å²) in [6.07, 6.45) is 1.28. The number of nitrogens with zero attached hydrogens (tertiary/aromatic N) is 2. The van der Waals surface area contributed by atoms with Gasteiger partial charge >= 0.3 is 5.97 Å². The summed E-state index contributed by atoms with van der Waals surface area (Å²) in [5.74, 6) is 0.00203. The minimum absolute atomic E-state index is 0.344. The number of rotatable bonds is 8. The molecule has 162 valence electrons. The molecule has 9 heteroatoms. The van der Waals surface area contributed by atoms with E-state index < -0.39 is 24.5 Å². The van der Waals surface area contributed by atoms with Crippen molar-refractivity contribution in [3.05, 3.63) is 64.7 Å². The molecule has 1 unspecified atom stereocenters. The molecule has 0 saturated heterocycles. The first-order valence-electron chi connectivity index (χ1n) is 9.54. The number of fused-ring (bicyclic) bond motifs is 1. The van der Waals surface area contributed by atoms with Gasteiger partial charge in [-0.25, -0.2) is 4.98 Å². The maximum Gasteiger partial charge on any atom is 0.326 e. The Morgan fingerprint density at radius 1 is 1.13 bits per heavy atom. The van der Waals surface area contributed by atoms with Crippen LogP contribution in [-0.4, -0.2) is 42.3 Å². The molecule has 0 aliphatic carbocycles. The molecule has 0 fully saturated rings.